The standard InChI is InChI=1S/C60H42N2S/c1-3-17-51(18-4-1)61(58-23-11-15-47-13-7-9-21-55(47)58)53-37-33-45(34-38-53)43-25-29-49(30-26-43)57-41-42-63-60(57)50-31-27-44(28-32-50)46-35-39-54(40-36-46)62(52-19-5-2-6-20-52)59-24-12-16-48-14-8-10-22-56(48)59/h1-42H. The van der Waals surface area contributed by atoms with Crippen LogP contribution in [0.3, 0.4) is 0 Å². The van der Waals surface area contributed by atoms with E-state index in [2.05, 4.69) is 264 Å². The number of benzene rings is 10. The Kier molecular flexibility index (Phi) is 10.1. The van der Waals surface area contributed by atoms with Crippen LogP contribution in [0.2, 0.25) is 0 Å². The van der Waals surface area contributed by atoms with Gasteiger partial charge in [0.1, 0.15) is 0 Å². The van der Waals surface area contributed by atoms with Gasteiger partial charge in [-0.25, -0.2) is 0 Å². The third-order valence-electron chi connectivity index (χ3n) is 12.0. The van der Waals surface area contributed by atoms with Gasteiger partial charge >= 0.3 is 0 Å². The van der Waals surface area contributed by atoms with Crippen LogP contribution in [-0.2, 0) is 0 Å². The van der Waals surface area contributed by atoms with E-state index in [1.54, 1.807) is 11.3 Å². The molecule has 3 heteroatoms. The summed E-state index contributed by atoms with van der Waals surface area (Å²) in [4.78, 5) is 5.98. The zero-order valence-corrected chi connectivity index (χ0v) is 35.4. The predicted octanol–water partition coefficient (Wildman–Crippen LogP) is 17.7. The highest BCUT2D eigenvalue weighted by atomic mass is 32.1. The van der Waals surface area contributed by atoms with Crippen LogP contribution in [0.15, 0.2) is 254 Å². The van der Waals surface area contributed by atoms with E-state index in [1.165, 1.54) is 65.4 Å². The molecular weight excluding hydrogens is 781 g/mol. The Morgan fingerprint density at radius 1 is 0.254 bits per heavy atom. The quantitative estimate of drug-likeness (QED) is 0.136. The molecular formula is C60H42N2S. The lowest BCUT2D eigenvalue weighted by molar-refractivity contribution is 1.30. The van der Waals surface area contributed by atoms with Gasteiger partial charge in [0.25, 0.3) is 0 Å². The Bertz CT molecular complexity index is 3070. The van der Waals surface area contributed by atoms with Crippen LogP contribution in [0.4, 0.5) is 34.1 Å². The number of thiophene rings is 1. The van der Waals surface area contributed by atoms with Gasteiger partial charge in [-0.05, 0) is 116 Å². The van der Waals surface area contributed by atoms with Crippen LogP contribution in [0.5, 0.6) is 0 Å². The lowest BCUT2D eigenvalue weighted by Gasteiger charge is -2.27. The summed E-state index contributed by atoms with van der Waals surface area (Å²) in [5.74, 6) is 0. The fourth-order valence-corrected chi connectivity index (χ4v) is 9.76. The second-order valence-electron chi connectivity index (χ2n) is 15.8. The highest BCUT2D eigenvalue weighted by molar-refractivity contribution is 7.14. The van der Waals surface area contributed by atoms with Gasteiger partial charge in [0.2, 0.25) is 0 Å². The molecule has 10 aromatic carbocycles. The minimum Gasteiger partial charge on any atom is -0.310 e. The molecule has 0 atom stereocenters. The van der Waals surface area contributed by atoms with Crippen LogP contribution in [0.1, 0.15) is 0 Å². The molecule has 2 nitrogen and oxygen atoms in total. The Hall–Kier alpha value is -7.98. The summed E-state index contributed by atoms with van der Waals surface area (Å²) >= 11 is 1.79. The first-order valence-corrected chi connectivity index (χ1v) is 22.3. The minimum absolute atomic E-state index is 1.12. The second-order valence-corrected chi connectivity index (χ2v) is 16.7. The number of nitrogens with zero attached hydrogens (tertiary/aromatic N) is 2. The topological polar surface area (TPSA) is 6.48 Å². The molecule has 63 heavy (non-hydrogen) atoms. The van der Waals surface area contributed by atoms with Crippen molar-refractivity contribution in [2.45, 2.75) is 0 Å². The van der Waals surface area contributed by atoms with Gasteiger partial charge in [-0.3, -0.25) is 0 Å². The molecule has 0 bridgehead atoms. The van der Waals surface area contributed by atoms with Crippen molar-refractivity contribution in [3.63, 3.8) is 0 Å². The van der Waals surface area contributed by atoms with E-state index in [9.17, 15) is 0 Å². The SMILES string of the molecule is c1ccc(N(c2ccc(-c3ccc(-c4ccsc4-c4ccc(-c5ccc(N(c6ccccc6)c6cccc7ccccc67)cc5)cc4)cc3)cc2)c2cccc3ccccc23)cc1. The van der Waals surface area contributed by atoms with Crippen molar-refractivity contribution in [2.24, 2.45) is 0 Å². The fraction of sp³-hybridized carbons (Fsp3) is 0. The Morgan fingerprint density at radius 2 is 0.603 bits per heavy atom. The van der Waals surface area contributed by atoms with Gasteiger partial charge in [0.05, 0.1) is 11.4 Å². The molecule has 0 amide bonds. The summed E-state index contributed by atoms with van der Waals surface area (Å²) < 4.78 is 0. The molecule has 0 radical (unpaired) electrons. The first-order valence-electron chi connectivity index (χ1n) is 21.4. The molecule has 11 aromatic rings. The van der Waals surface area contributed by atoms with Gasteiger partial charge in [0, 0.05) is 44.0 Å². The van der Waals surface area contributed by atoms with Crippen LogP contribution < -0.4 is 9.80 Å². The van der Waals surface area contributed by atoms with E-state index >= 15 is 0 Å². The predicted molar refractivity (Wildman–Crippen MR) is 270 cm³/mol. The minimum atomic E-state index is 1.12. The largest absolute Gasteiger partial charge is 0.310 e. The number of hydrogen-bond acceptors (Lipinski definition) is 3. The molecule has 0 fully saturated rings. The average Bonchev–Trinajstić information content (AvgIpc) is 3.86. The van der Waals surface area contributed by atoms with Crippen molar-refractivity contribution in [3.8, 4) is 43.8 Å². The molecule has 0 aliphatic heterocycles. The number of anilines is 6. The van der Waals surface area contributed by atoms with Gasteiger partial charge in [-0.15, -0.1) is 11.3 Å². The normalized spacial score (nSPS) is 11.2. The van der Waals surface area contributed by atoms with Crippen LogP contribution >= 0.6 is 11.3 Å². The molecule has 0 unspecified atom stereocenters. The third kappa shape index (κ3) is 7.46. The summed E-state index contributed by atoms with van der Waals surface area (Å²) in [6.07, 6.45) is 0. The monoisotopic (exact) mass is 822 g/mol. The molecule has 298 valence electrons. The van der Waals surface area contributed by atoms with E-state index in [0.717, 1.165) is 34.1 Å². The molecule has 0 saturated carbocycles. The van der Waals surface area contributed by atoms with Gasteiger partial charge < -0.3 is 9.80 Å². The Labute approximate surface area is 372 Å². The zero-order valence-electron chi connectivity index (χ0n) is 34.6. The van der Waals surface area contributed by atoms with E-state index in [4.69, 9.17) is 0 Å². The summed E-state index contributed by atoms with van der Waals surface area (Å²) in [6, 6.07) is 89.7. The number of hydrogen-bond donors (Lipinski definition) is 0. The van der Waals surface area contributed by atoms with Crippen molar-refractivity contribution in [3.05, 3.63) is 254 Å². The van der Waals surface area contributed by atoms with Gasteiger partial charge in [0.15, 0.2) is 0 Å². The summed E-state index contributed by atoms with van der Waals surface area (Å²) in [5, 5.41) is 7.10. The number of rotatable bonds is 10. The van der Waals surface area contributed by atoms with Crippen molar-refractivity contribution in [2.75, 3.05) is 9.80 Å². The van der Waals surface area contributed by atoms with E-state index in [-0.39, 0.29) is 0 Å². The Balaban J connectivity index is 0.830. The highest BCUT2D eigenvalue weighted by Crippen LogP contribution is 2.43. The maximum Gasteiger partial charge on any atom is 0.0540 e. The summed E-state index contributed by atoms with van der Waals surface area (Å²) in [6.45, 7) is 0. The van der Waals surface area contributed by atoms with Crippen molar-refractivity contribution < 1.29 is 0 Å². The first kappa shape index (κ1) is 38.0. The van der Waals surface area contributed by atoms with Crippen molar-refractivity contribution in [1.29, 1.82) is 0 Å². The lowest BCUT2D eigenvalue weighted by atomic mass is 9.97. The molecule has 1 heterocycles. The second kappa shape index (κ2) is 16.8. The highest BCUT2D eigenvalue weighted by Gasteiger charge is 2.17. The summed E-state index contributed by atoms with van der Waals surface area (Å²) in [5.41, 5.74) is 15.3. The maximum absolute atomic E-state index is 2.35. The van der Waals surface area contributed by atoms with Gasteiger partial charge in [-0.1, -0.05) is 182 Å². The van der Waals surface area contributed by atoms with Crippen LogP contribution in [0, 0.1) is 0 Å². The van der Waals surface area contributed by atoms with Crippen molar-refractivity contribution in [1.82, 2.24) is 0 Å². The number of para-hydroxylation sites is 2. The molecule has 0 N–H and O–H groups in total. The van der Waals surface area contributed by atoms with Crippen LogP contribution in [-0.4, -0.2) is 0 Å². The maximum atomic E-state index is 2.35. The fourth-order valence-electron chi connectivity index (χ4n) is 8.84. The van der Waals surface area contributed by atoms with E-state index in [0.29, 0.717) is 0 Å². The first-order chi connectivity index (χ1) is 31.2. The molecule has 1 aromatic heterocycles. The van der Waals surface area contributed by atoms with Crippen molar-refractivity contribution >= 4 is 67.0 Å². The molecule has 0 aliphatic rings. The third-order valence-corrected chi connectivity index (χ3v) is 12.9. The van der Waals surface area contributed by atoms with Crippen LogP contribution in [0.25, 0.3) is 65.4 Å². The molecule has 0 spiro atoms. The lowest BCUT2D eigenvalue weighted by Crippen LogP contribution is -2.10. The van der Waals surface area contributed by atoms with Gasteiger partial charge in [-0.2, -0.15) is 0 Å². The molecule has 11 rings (SSSR count). The molecule has 0 aliphatic carbocycles. The van der Waals surface area contributed by atoms with E-state index < -0.39 is 0 Å². The molecule has 0 saturated heterocycles. The number of fused-ring (bicyclic) bond motifs is 2. The zero-order chi connectivity index (χ0) is 42.0. The Morgan fingerprint density at radius 3 is 1.06 bits per heavy atom. The van der Waals surface area contributed by atoms with E-state index in [1.807, 2.05) is 0 Å². The smallest absolute Gasteiger partial charge is 0.0540 e. The average molecular weight is 823 g/mol. The summed E-state index contributed by atoms with van der Waals surface area (Å²) in [7, 11) is 0.